The molecule has 1 heterocycles. The minimum Gasteiger partial charge on any atom is -0.368 e. The van der Waals surface area contributed by atoms with Gasteiger partial charge in [-0.1, -0.05) is 22.0 Å². The van der Waals surface area contributed by atoms with Crippen LogP contribution in [-0.2, 0) is 5.33 Å². The summed E-state index contributed by atoms with van der Waals surface area (Å²) in [5.41, 5.74) is 7.79. The molecule has 0 spiro atoms. The highest BCUT2D eigenvalue weighted by atomic mass is 79.9. The Kier molecular flexibility index (Phi) is 3.76. The van der Waals surface area contributed by atoms with Crippen molar-refractivity contribution in [3.05, 3.63) is 47.0 Å². The van der Waals surface area contributed by atoms with Crippen LogP contribution in [0.25, 0.3) is 0 Å². The molecular formula is C12H12BrFN4. The van der Waals surface area contributed by atoms with Gasteiger partial charge in [-0.15, -0.1) is 0 Å². The minimum atomic E-state index is -0.321. The van der Waals surface area contributed by atoms with Gasteiger partial charge in [-0.05, 0) is 24.6 Å². The highest BCUT2D eigenvalue weighted by Gasteiger charge is 2.02. The number of hydrogen-bond acceptors (Lipinski definition) is 3. The Morgan fingerprint density at radius 1 is 1.56 bits per heavy atom. The number of benzene rings is 1. The summed E-state index contributed by atoms with van der Waals surface area (Å²) < 4.78 is 15.0. The number of alkyl halides is 1. The van der Waals surface area contributed by atoms with Crippen LogP contribution in [0.3, 0.4) is 0 Å². The summed E-state index contributed by atoms with van der Waals surface area (Å²) in [5.74, 6) is -0.0420. The summed E-state index contributed by atoms with van der Waals surface area (Å²) in [6, 6.07) is 4.87. The topological polar surface area (TPSA) is 56.2 Å². The molecule has 0 amide bonds. The number of imidazole rings is 1. The van der Waals surface area contributed by atoms with Crippen LogP contribution >= 0.6 is 15.9 Å². The number of anilines is 1. The Morgan fingerprint density at radius 3 is 2.94 bits per heavy atom. The molecule has 0 atom stereocenters. The first-order chi connectivity index (χ1) is 8.60. The third-order valence-corrected chi connectivity index (χ3v) is 3.02. The van der Waals surface area contributed by atoms with Gasteiger partial charge in [0, 0.05) is 10.9 Å². The molecule has 0 bridgehead atoms. The number of nitrogens with zero attached hydrogens (tertiary/aromatic N) is 3. The maximum absolute atomic E-state index is 13.6. The first-order valence-corrected chi connectivity index (χ1v) is 6.42. The van der Waals surface area contributed by atoms with Gasteiger partial charge in [0.1, 0.15) is 5.82 Å². The molecule has 4 nitrogen and oxygen atoms in total. The summed E-state index contributed by atoms with van der Waals surface area (Å²) >= 11 is 3.33. The van der Waals surface area contributed by atoms with Crippen LogP contribution in [0.15, 0.2) is 29.5 Å². The summed E-state index contributed by atoms with van der Waals surface area (Å²) in [7, 11) is 0. The van der Waals surface area contributed by atoms with Crippen molar-refractivity contribution in [1.29, 1.82) is 0 Å². The number of rotatable bonds is 3. The maximum Gasteiger partial charge on any atom is 0.221 e. The van der Waals surface area contributed by atoms with E-state index in [0.717, 1.165) is 11.3 Å². The van der Waals surface area contributed by atoms with Gasteiger partial charge < -0.3 is 5.73 Å². The van der Waals surface area contributed by atoms with Crippen LogP contribution in [-0.4, -0.2) is 15.9 Å². The Labute approximate surface area is 112 Å². The van der Waals surface area contributed by atoms with Crippen molar-refractivity contribution in [3.63, 3.8) is 0 Å². The molecule has 0 fully saturated rings. The van der Waals surface area contributed by atoms with E-state index in [1.54, 1.807) is 18.3 Å². The zero-order valence-corrected chi connectivity index (χ0v) is 11.4. The van der Waals surface area contributed by atoms with Gasteiger partial charge in [-0.3, -0.25) is 0 Å². The van der Waals surface area contributed by atoms with E-state index in [1.807, 2.05) is 6.92 Å². The fourth-order valence-electron chi connectivity index (χ4n) is 1.50. The SMILES string of the molecule is Cc1cn(N=Cc2cc(CBr)ccc2F)c(N)n1. The Hall–Kier alpha value is -1.69. The van der Waals surface area contributed by atoms with Crippen molar-refractivity contribution in [1.82, 2.24) is 9.66 Å². The summed E-state index contributed by atoms with van der Waals surface area (Å²) in [5, 5.41) is 4.75. The Morgan fingerprint density at radius 2 is 2.33 bits per heavy atom. The second kappa shape index (κ2) is 5.30. The standard InChI is InChI=1S/C12H12BrFN4/c1-8-7-18(12(15)17-8)16-6-10-4-9(5-13)2-3-11(10)14/h2-4,6-7H,5H2,1H3,(H2,15,17). The van der Waals surface area contributed by atoms with Gasteiger partial charge in [0.15, 0.2) is 0 Å². The van der Waals surface area contributed by atoms with Crippen LogP contribution < -0.4 is 5.73 Å². The molecule has 2 N–H and O–H groups in total. The monoisotopic (exact) mass is 310 g/mol. The molecular weight excluding hydrogens is 299 g/mol. The number of halogens is 2. The quantitative estimate of drug-likeness (QED) is 0.700. The molecule has 2 rings (SSSR count). The molecule has 2 aromatic rings. The predicted molar refractivity (Wildman–Crippen MR) is 73.4 cm³/mol. The number of hydrogen-bond donors (Lipinski definition) is 1. The lowest BCUT2D eigenvalue weighted by Crippen LogP contribution is -1.98. The lowest BCUT2D eigenvalue weighted by Gasteiger charge is -2.00. The third-order valence-electron chi connectivity index (χ3n) is 2.37. The highest BCUT2D eigenvalue weighted by Crippen LogP contribution is 2.12. The summed E-state index contributed by atoms with van der Waals surface area (Å²) in [6.45, 7) is 1.81. The molecule has 1 aromatic carbocycles. The number of aryl methyl sites for hydroxylation is 1. The van der Waals surface area contributed by atoms with E-state index in [9.17, 15) is 4.39 Å². The van der Waals surface area contributed by atoms with E-state index in [2.05, 4.69) is 26.0 Å². The van der Waals surface area contributed by atoms with E-state index in [4.69, 9.17) is 5.73 Å². The van der Waals surface area contributed by atoms with Gasteiger partial charge in [0.25, 0.3) is 0 Å². The number of nitrogen functional groups attached to an aromatic ring is 1. The largest absolute Gasteiger partial charge is 0.368 e. The lowest BCUT2D eigenvalue weighted by atomic mass is 10.1. The van der Waals surface area contributed by atoms with Crippen molar-refractivity contribution < 1.29 is 4.39 Å². The van der Waals surface area contributed by atoms with Gasteiger partial charge in [0.05, 0.1) is 18.1 Å². The van der Waals surface area contributed by atoms with E-state index < -0.39 is 0 Å². The van der Waals surface area contributed by atoms with Gasteiger partial charge >= 0.3 is 0 Å². The molecule has 94 valence electrons. The normalized spacial score (nSPS) is 11.3. The average molecular weight is 311 g/mol. The summed E-state index contributed by atoms with van der Waals surface area (Å²) in [6.07, 6.45) is 3.11. The van der Waals surface area contributed by atoms with E-state index in [0.29, 0.717) is 10.9 Å². The molecule has 0 aliphatic rings. The van der Waals surface area contributed by atoms with Crippen molar-refractivity contribution in [2.45, 2.75) is 12.3 Å². The Balaban J connectivity index is 2.31. The number of aromatic nitrogens is 2. The molecule has 0 unspecified atom stereocenters. The first-order valence-electron chi connectivity index (χ1n) is 5.30. The van der Waals surface area contributed by atoms with Crippen LogP contribution in [0.4, 0.5) is 10.3 Å². The molecule has 18 heavy (non-hydrogen) atoms. The fourth-order valence-corrected chi connectivity index (χ4v) is 1.84. The smallest absolute Gasteiger partial charge is 0.221 e. The Bertz CT molecular complexity index is 592. The molecule has 0 radical (unpaired) electrons. The van der Waals surface area contributed by atoms with Crippen molar-refractivity contribution >= 4 is 28.1 Å². The summed E-state index contributed by atoms with van der Waals surface area (Å²) in [4.78, 5) is 4.01. The molecule has 6 heteroatoms. The van der Waals surface area contributed by atoms with Crippen molar-refractivity contribution in [2.24, 2.45) is 5.10 Å². The van der Waals surface area contributed by atoms with Crippen LogP contribution in [0.1, 0.15) is 16.8 Å². The van der Waals surface area contributed by atoms with Crippen LogP contribution in [0.2, 0.25) is 0 Å². The van der Waals surface area contributed by atoms with E-state index >= 15 is 0 Å². The molecule has 0 saturated carbocycles. The van der Waals surface area contributed by atoms with Crippen molar-refractivity contribution in [2.75, 3.05) is 5.73 Å². The van der Waals surface area contributed by atoms with Gasteiger partial charge in [-0.25, -0.2) is 14.1 Å². The maximum atomic E-state index is 13.6. The lowest BCUT2D eigenvalue weighted by molar-refractivity contribution is 0.625. The molecule has 0 saturated heterocycles. The van der Waals surface area contributed by atoms with E-state index in [-0.39, 0.29) is 11.8 Å². The molecule has 0 aliphatic carbocycles. The third kappa shape index (κ3) is 2.76. The first kappa shape index (κ1) is 12.8. The second-order valence-corrected chi connectivity index (χ2v) is 4.38. The second-order valence-electron chi connectivity index (χ2n) is 3.82. The highest BCUT2D eigenvalue weighted by molar-refractivity contribution is 9.08. The zero-order chi connectivity index (χ0) is 13.1. The zero-order valence-electron chi connectivity index (χ0n) is 9.77. The van der Waals surface area contributed by atoms with Crippen LogP contribution in [0.5, 0.6) is 0 Å². The van der Waals surface area contributed by atoms with Gasteiger partial charge in [-0.2, -0.15) is 5.10 Å². The van der Waals surface area contributed by atoms with Crippen LogP contribution in [0, 0.1) is 12.7 Å². The van der Waals surface area contributed by atoms with Crippen molar-refractivity contribution in [3.8, 4) is 0 Å². The molecule has 0 aliphatic heterocycles. The molecule has 1 aromatic heterocycles. The fraction of sp³-hybridized carbons (Fsp3) is 0.167. The minimum absolute atomic E-state index is 0.279. The van der Waals surface area contributed by atoms with Gasteiger partial charge in [0.2, 0.25) is 5.95 Å². The predicted octanol–water partition coefficient (Wildman–Crippen LogP) is 2.69. The average Bonchev–Trinajstić information content (AvgIpc) is 2.67. The van der Waals surface area contributed by atoms with E-state index in [1.165, 1.54) is 17.0 Å². The number of nitrogens with two attached hydrogens (primary N) is 1.